The van der Waals surface area contributed by atoms with Gasteiger partial charge in [0.25, 0.3) is 5.56 Å². The van der Waals surface area contributed by atoms with Crippen LogP contribution in [0.5, 0.6) is 5.88 Å². The molecule has 94 valence electrons. The van der Waals surface area contributed by atoms with E-state index in [-0.39, 0.29) is 5.88 Å². The van der Waals surface area contributed by atoms with Crippen molar-refractivity contribution in [2.75, 3.05) is 0 Å². The quantitative estimate of drug-likeness (QED) is 0.840. The van der Waals surface area contributed by atoms with Crippen molar-refractivity contribution in [3.63, 3.8) is 0 Å². The van der Waals surface area contributed by atoms with Gasteiger partial charge >= 0.3 is 5.69 Å². The third-order valence-electron chi connectivity index (χ3n) is 2.60. The Morgan fingerprint density at radius 1 is 1.17 bits per heavy atom. The minimum absolute atomic E-state index is 0.384. The van der Waals surface area contributed by atoms with Crippen molar-refractivity contribution >= 4 is 15.9 Å². The summed E-state index contributed by atoms with van der Waals surface area (Å²) in [5.74, 6) is -0.384. The molecule has 1 aromatic carbocycles. The van der Waals surface area contributed by atoms with E-state index in [0.717, 1.165) is 26.2 Å². The van der Waals surface area contributed by atoms with Crippen molar-refractivity contribution in [3.8, 4) is 11.6 Å². The number of aromatic amines is 1. The first-order chi connectivity index (χ1) is 8.40. The van der Waals surface area contributed by atoms with Gasteiger partial charge in [0.15, 0.2) is 0 Å². The van der Waals surface area contributed by atoms with Gasteiger partial charge < -0.3 is 5.11 Å². The molecule has 6 heteroatoms. The van der Waals surface area contributed by atoms with Crippen molar-refractivity contribution in [2.45, 2.75) is 13.8 Å². The van der Waals surface area contributed by atoms with E-state index in [0.29, 0.717) is 5.69 Å². The predicted octanol–water partition coefficient (Wildman–Crippen LogP) is 1.61. The topological polar surface area (TPSA) is 75.1 Å². The zero-order valence-electron chi connectivity index (χ0n) is 9.82. The van der Waals surface area contributed by atoms with E-state index in [1.54, 1.807) is 12.1 Å². The van der Waals surface area contributed by atoms with Crippen LogP contribution < -0.4 is 11.2 Å². The molecule has 1 heterocycles. The second kappa shape index (κ2) is 4.45. The van der Waals surface area contributed by atoms with Crippen molar-refractivity contribution in [1.82, 2.24) is 9.55 Å². The third-order valence-corrected chi connectivity index (χ3v) is 3.85. The van der Waals surface area contributed by atoms with E-state index in [2.05, 4.69) is 20.9 Å². The second-order valence-corrected chi connectivity index (χ2v) is 4.82. The monoisotopic (exact) mass is 310 g/mol. The van der Waals surface area contributed by atoms with E-state index in [1.165, 1.54) is 0 Å². The lowest BCUT2D eigenvalue weighted by atomic mass is 10.1. The predicted molar refractivity (Wildman–Crippen MR) is 71.5 cm³/mol. The van der Waals surface area contributed by atoms with Crippen LogP contribution in [0.1, 0.15) is 11.1 Å². The summed E-state index contributed by atoms with van der Waals surface area (Å²) in [6.45, 7) is 3.77. The first-order valence-electron chi connectivity index (χ1n) is 5.22. The maximum absolute atomic E-state index is 11.7. The lowest BCUT2D eigenvalue weighted by molar-refractivity contribution is 0.431. The summed E-state index contributed by atoms with van der Waals surface area (Å²) >= 11 is 3.43. The van der Waals surface area contributed by atoms with E-state index < -0.39 is 11.2 Å². The number of aryl methyl sites for hydroxylation is 2. The number of rotatable bonds is 1. The average Bonchev–Trinajstić information content (AvgIpc) is 2.24. The van der Waals surface area contributed by atoms with Gasteiger partial charge in [-0.15, -0.1) is 0 Å². The van der Waals surface area contributed by atoms with Gasteiger partial charge in [-0.05, 0) is 37.1 Å². The highest BCUT2D eigenvalue weighted by Gasteiger charge is 2.10. The molecule has 0 unspecified atom stereocenters. The normalized spacial score (nSPS) is 10.6. The Labute approximate surface area is 111 Å². The molecule has 0 aliphatic rings. The molecule has 0 amide bonds. The second-order valence-electron chi connectivity index (χ2n) is 4.03. The maximum atomic E-state index is 11.7. The van der Waals surface area contributed by atoms with Crippen molar-refractivity contribution in [1.29, 1.82) is 0 Å². The molecule has 0 saturated heterocycles. The molecule has 0 atom stereocenters. The molecule has 0 saturated carbocycles. The molecule has 0 radical (unpaired) electrons. The van der Waals surface area contributed by atoms with Crippen LogP contribution in [0.4, 0.5) is 0 Å². The zero-order valence-corrected chi connectivity index (χ0v) is 11.4. The van der Waals surface area contributed by atoms with Crippen LogP contribution in [-0.4, -0.2) is 14.7 Å². The van der Waals surface area contributed by atoms with E-state index in [9.17, 15) is 14.7 Å². The Hall–Kier alpha value is -1.82. The van der Waals surface area contributed by atoms with Gasteiger partial charge in [-0.25, -0.2) is 9.36 Å². The maximum Gasteiger partial charge on any atom is 0.335 e. The van der Waals surface area contributed by atoms with Gasteiger partial charge in [-0.1, -0.05) is 15.9 Å². The zero-order chi connectivity index (χ0) is 13.4. The molecular weight excluding hydrogens is 300 g/mol. The molecule has 0 bridgehead atoms. The molecule has 0 spiro atoms. The minimum Gasteiger partial charge on any atom is -0.494 e. The number of nitrogens with one attached hydrogen (secondary N) is 1. The molecule has 1 aromatic heterocycles. The molecule has 0 aliphatic heterocycles. The number of halogens is 1. The van der Waals surface area contributed by atoms with Crippen LogP contribution in [0, 0.1) is 13.8 Å². The van der Waals surface area contributed by atoms with Crippen LogP contribution in [0.25, 0.3) is 5.69 Å². The van der Waals surface area contributed by atoms with Gasteiger partial charge in [0.05, 0.1) is 11.8 Å². The van der Waals surface area contributed by atoms with Crippen LogP contribution in [0.3, 0.4) is 0 Å². The summed E-state index contributed by atoms with van der Waals surface area (Å²) in [4.78, 5) is 24.9. The number of hydrogen-bond acceptors (Lipinski definition) is 3. The fourth-order valence-electron chi connectivity index (χ4n) is 1.78. The van der Waals surface area contributed by atoms with Crippen LogP contribution in [0.2, 0.25) is 0 Å². The Kier molecular flexibility index (Phi) is 3.13. The van der Waals surface area contributed by atoms with Crippen LogP contribution >= 0.6 is 15.9 Å². The van der Waals surface area contributed by atoms with E-state index >= 15 is 0 Å². The van der Waals surface area contributed by atoms with Crippen molar-refractivity contribution < 1.29 is 5.11 Å². The SMILES string of the molecule is Cc1cc(-n2c(O)cc(=O)[nH]c2=O)cc(C)c1Br. The molecule has 2 aromatic rings. The molecule has 2 rings (SSSR count). The highest BCUT2D eigenvalue weighted by Crippen LogP contribution is 2.24. The Bertz CT molecular complexity index is 708. The minimum atomic E-state index is -0.666. The Balaban J connectivity index is 2.78. The summed E-state index contributed by atoms with van der Waals surface area (Å²) in [7, 11) is 0. The summed E-state index contributed by atoms with van der Waals surface area (Å²) in [6.07, 6.45) is 0. The third kappa shape index (κ3) is 2.11. The average molecular weight is 311 g/mol. The van der Waals surface area contributed by atoms with Gasteiger partial charge in [-0.3, -0.25) is 9.78 Å². The number of benzene rings is 1. The van der Waals surface area contributed by atoms with E-state index in [1.807, 2.05) is 13.8 Å². The number of hydrogen-bond donors (Lipinski definition) is 2. The first-order valence-corrected chi connectivity index (χ1v) is 6.02. The van der Waals surface area contributed by atoms with Crippen molar-refractivity contribution in [2.24, 2.45) is 0 Å². The molecule has 0 aliphatic carbocycles. The lowest BCUT2D eigenvalue weighted by Gasteiger charge is -2.11. The van der Waals surface area contributed by atoms with E-state index in [4.69, 9.17) is 0 Å². The number of aromatic nitrogens is 2. The van der Waals surface area contributed by atoms with Gasteiger partial charge in [-0.2, -0.15) is 0 Å². The van der Waals surface area contributed by atoms with Gasteiger partial charge in [0.1, 0.15) is 0 Å². The number of aromatic hydroxyl groups is 1. The first kappa shape index (κ1) is 12.6. The summed E-state index contributed by atoms with van der Waals surface area (Å²) < 4.78 is 2.00. The number of nitrogens with zero attached hydrogens (tertiary/aromatic N) is 1. The van der Waals surface area contributed by atoms with Gasteiger partial charge in [0.2, 0.25) is 5.88 Å². The smallest absolute Gasteiger partial charge is 0.335 e. The summed E-state index contributed by atoms with van der Waals surface area (Å²) in [5, 5.41) is 9.71. The summed E-state index contributed by atoms with van der Waals surface area (Å²) in [6, 6.07) is 4.46. The summed E-state index contributed by atoms with van der Waals surface area (Å²) in [5.41, 5.74) is 1.08. The van der Waals surface area contributed by atoms with Gasteiger partial charge in [0, 0.05) is 4.47 Å². The largest absolute Gasteiger partial charge is 0.494 e. The highest BCUT2D eigenvalue weighted by molar-refractivity contribution is 9.10. The lowest BCUT2D eigenvalue weighted by Crippen LogP contribution is -2.28. The van der Waals surface area contributed by atoms with Crippen molar-refractivity contribution in [3.05, 3.63) is 54.6 Å². The molecule has 18 heavy (non-hydrogen) atoms. The Morgan fingerprint density at radius 3 is 2.22 bits per heavy atom. The highest BCUT2D eigenvalue weighted by atomic mass is 79.9. The van der Waals surface area contributed by atoms with Crippen LogP contribution in [-0.2, 0) is 0 Å². The molecule has 0 fully saturated rings. The molecule has 5 nitrogen and oxygen atoms in total. The fraction of sp³-hybridized carbons (Fsp3) is 0.167. The van der Waals surface area contributed by atoms with Crippen LogP contribution in [0.15, 0.2) is 32.3 Å². The fourth-order valence-corrected chi connectivity index (χ4v) is 2.01. The molecule has 2 N–H and O–H groups in total. The molecular formula is C12H11BrN2O3. The standard InChI is InChI=1S/C12H11BrN2O3/c1-6-3-8(4-7(2)11(6)13)15-10(17)5-9(16)14-12(15)18/h3-5,17H,1-2H3,(H,14,16,18). The number of H-pyrrole nitrogens is 1. The Morgan fingerprint density at radius 2 is 1.72 bits per heavy atom.